The zero-order valence-electron chi connectivity index (χ0n) is 13.1. The predicted molar refractivity (Wildman–Crippen MR) is 85.8 cm³/mol. The minimum absolute atomic E-state index is 0.253. The summed E-state index contributed by atoms with van der Waals surface area (Å²) in [7, 11) is 0. The number of rotatable bonds is 5. The van der Waals surface area contributed by atoms with Crippen molar-refractivity contribution in [2.45, 2.75) is 25.9 Å². The summed E-state index contributed by atoms with van der Waals surface area (Å²) in [5.74, 6) is -0.253. The fourth-order valence-corrected chi connectivity index (χ4v) is 2.44. The number of nitrogens with zero attached hydrogens (tertiary/aromatic N) is 3. The van der Waals surface area contributed by atoms with Crippen molar-refractivity contribution < 1.29 is 9.32 Å². The molecule has 0 saturated carbocycles. The second kappa shape index (κ2) is 5.85. The predicted octanol–water partition coefficient (Wildman–Crippen LogP) is 1.65. The largest absolute Gasteiger partial charge is 0.364 e. The van der Waals surface area contributed by atoms with Gasteiger partial charge in [-0.3, -0.25) is 9.48 Å². The molecular weight excluding hydrogens is 294 g/mol. The van der Waals surface area contributed by atoms with Gasteiger partial charge in [0.15, 0.2) is 0 Å². The van der Waals surface area contributed by atoms with Gasteiger partial charge in [-0.1, -0.05) is 23.4 Å². The Morgan fingerprint density at radius 3 is 2.96 bits per heavy atom. The first kappa shape index (κ1) is 15.2. The summed E-state index contributed by atoms with van der Waals surface area (Å²) in [4.78, 5) is 12.3. The number of nitrogens with one attached hydrogen (secondary N) is 1. The third kappa shape index (κ3) is 3.09. The standard InChI is InChI=1S/C16H19N5O2/c1-16(2,17)14-12(10-23-20-14)15(22)18-7-8-21-13-6-4-3-5-11(13)9-19-21/h3-6,9-10H,7-8,17H2,1-2H3,(H,18,22). The van der Waals surface area contributed by atoms with Crippen LogP contribution in [0, 0.1) is 0 Å². The molecule has 0 atom stereocenters. The van der Waals surface area contributed by atoms with Crippen molar-refractivity contribution in [1.29, 1.82) is 0 Å². The van der Waals surface area contributed by atoms with Crippen molar-refractivity contribution >= 4 is 16.8 Å². The van der Waals surface area contributed by atoms with Crippen LogP contribution in [0.2, 0.25) is 0 Å². The molecule has 1 aromatic carbocycles. The number of benzene rings is 1. The highest BCUT2D eigenvalue weighted by Gasteiger charge is 2.26. The number of carbonyl (C=O) groups excluding carboxylic acids is 1. The Balaban J connectivity index is 1.65. The molecule has 0 fully saturated rings. The molecule has 3 N–H and O–H groups in total. The fraction of sp³-hybridized carbons (Fsp3) is 0.312. The Kier molecular flexibility index (Phi) is 3.87. The number of hydrogen-bond donors (Lipinski definition) is 2. The third-order valence-electron chi connectivity index (χ3n) is 3.58. The van der Waals surface area contributed by atoms with Gasteiger partial charge in [-0.25, -0.2) is 0 Å². The lowest BCUT2D eigenvalue weighted by Gasteiger charge is -2.16. The summed E-state index contributed by atoms with van der Waals surface area (Å²) < 4.78 is 6.75. The second-order valence-corrected chi connectivity index (χ2v) is 5.98. The molecule has 3 aromatic rings. The van der Waals surface area contributed by atoms with Crippen LogP contribution < -0.4 is 11.1 Å². The minimum Gasteiger partial charge on any atom is -0.364 e. The average Bonchev–Trinajstić information content (AvgIpc) is 3.13. The zero-order valence-corrected chi connectivity index (χ0v) is 13.1. The first-order chi connectivity index (χ1) is 11.0. The van der Waals surface area contributed by atoms with Crippen molar-refractivity contribution in [3.8, 4) is 0 Å². The number of para-hydroxylation sites is 1. The molecule has 0 radical (unpaired) electrons. The van der Waals surface area contributed by atoms with Gasteiger partial charge in [0.1, 0.15) is 17.5 Å². The van der Waals surface area contributed by atoms with Gasteiger partial charge in [0.25, 0.3) is 5.91 Å². The lowest BCUT2D eigenvalue weighted by molar-refractivity contribution is 0.0949. The van der Waals surface area contributed by atoms with Gasteiger partial charge in [-0.05, 0) is 19.9 Å². The van der Waals surface area contributed by atoms with E-state index in [4.69, 9.17) is 10.3 Å². The molecule has 7 heteroatoms. The van der Waals surface area contributed by atoms with E-state index in [9.17, 15) is 4.79 Å². The highest BCUT2D eigenvalue weighted by Crippen LogP contribution is 2.19. The average molecular weight is 313 g/mol. The van der Waals surface area contributed by atoms with E-state index in [0.29, 0.717) is 24.3 Å². The summed E-state index contributed by atoms with van der Waals surface area (Å²) in [5.41, 5.74) is 7.10. The smallest absolute Gasteiger partial charge is 0.256 e. The maximum absolute atomic E-state index is 12.3. The van der Waals surface area contributed by atoms with E-state index in [0.717, 1.165) is 10.9 Å². The van der Waals surface area contributed by atoms with Crippen molar-refractivity contribution in [3.63, 3.8) is 0 Å². The van der Waals surface area contributed by atoms with Crippen LogP contribution in [0.15, 0.2) is 41.2 Å². The Bertz CT molecular complexity index is 828. The Morgan fingerprint density at radius 2 is 2.17 bits per heavy atom. The van der Waals surface area contributed by atoms with Crippen molar-refractivity contribution in [2.24, 2.45) is 5.73 Å². The number of carbonyl (C=O) groups is 1. The number of amides is 1. The molecule has 0 unspecified atom stereocenters. The molecule has 120 valence electrons. The number of nitrogens with two attached hydrogens (primary N) is 1. The van der Waals surface area contributed by atoms with Gasteiger partial charge in [-0.15, -0.1) is 0 Å². The van der Waals surface area contributed by atoms with Gasteiger partial charge >= 0.3 is 0 Å². The SMILES string of the molecule is CC(C)(N)c1nocc1C(=O)NCCn1ncc2ccccc21. The summed E-state index contributed by atoms with van der Waals surface area (Å²) in [6.07, 6.45) is 3.13. The summed E-state index contributed by atoms with van der Waals surface area (Å²) in [6.45, 7) is 4.57. The second-order valence-electron chi connectivity index (χ2n) is 5.98. The fourth-order valence-electron chi connectivity index (χ4n) is 2.44. The molecule has 0 aliphatic carbocycles. The van der Waals surface area contributed by atoms with Crippen LogP contribution >= 0.6 is 0 Å². The van der Waals surface area contributed by atoms with E-state index >= 15 is 0 Å². The normalized spacial score (nSPS) is 11.8. The van der Waals surface area contributed by atoms with Crippen molar-refractivity contribution in [1.82, 2.24) is 20.3 Å². The van der Waals surface area contributed by atoms with Gasteiger partial charge in [0.2, 0.25) is 0 Å². The van der Waals surface area contributed by atoms with Crippen LogP contribution in [0.3, 0.4) is 0 Å². The summed E-state index contributed by atoms with van der Waals surface area (Å²) in [6, 6.07) is 7.94. The molecule has 0 spiro atoms. The Morgan fingerprint density at radius 1 is 1.39 bits per heavy atom. The molecule has 1 amide bonds. The van der Waals surface area contributed by atoms with E-state index in [1.807, 2.05) is 35.1 Å². The molecule has 23 heavy (non-hydrogen) atoms. The summed E-state index contributed by atoms with van der Waals surface area (Å²) >= 11 is 0. The lowest BCUT2D eigenvalue weighted by Crippen LogP contribution is -2.34. The van der Waals surface area contributed by atoms with Gasteiger partial charge in [0.05, 0.1) is 23.8 Å². The van der Waals surface area contributed by atoms with E-state index in [1.54, 1.807) is 13.8 Å². The highest BCUT2D eigenvalue weighted by molar-refractivity contribution is 5.95. The topological polar surface area (TPSA) is 99.0 Å². The molecule has 7 nitrogen and oxygen atoms in total. The maximum atomic E-state index is 12.3. The van der Waals surface area contributed by atoms with Gasteiger partial charge in [0, 0.05) is 11.9 Å². The quantitative estimate of drug-likeness (QED) is 0.746. The number of aromatic nitrogens is 3. The monoisotopic (exact) mass is 313 g/mol. The summed E-state index contributed by atoms with van der Waals surface area (Å²) in [5, 5.41) is 12.1. The van der Waals surface area contributed by atoms with Crippen LogP contribution in [-0.2, 0) is 12.1 Å². The van der Waals surface area contributed by atoms with Gasteiger partial charge in [-0.2, -0.15) is 5.10 Å². The lowest BCUT2D eigenvalue weighted by atomic mass is 9.98. The highest BCUT2D eigenvalue weighted by atomic mass is 16.5. The minimum atomic E-state index is -0.738. The van der Waals surface area contributed by atoms with E-state index in [1.165, 1.54) is 6.26 Å². The zero-order chi connectivity index (χ0) is 16.4. The molecular formula is C16H19N5O2. The molecule has 0 bridgehead atoms. The molecule has 0 aliphatic rings. The third-order valence-corrected chi connectivity index (χ3v) is 3.58. The Hall–Kier alpha value is -2.67. The Labute approximate surface area is 133 Å². The van der Waals surface area contributed by atoms with E-state index in [-0.39, 0.29) is 5.91 Å². The molecule has 0 saturated heterocycles. The molecule has 2 aromatic heterocycles. The van der Waals surface area contributed by atoms with Crippen LogP contribution in [-0.4, -0.2) is 27.4 Å². The van der Waals surface area contributed by atoms with Crippen molar-refractivity contribution in [2.75, 3.05) is 6.54 Å². The van der Waals surface area contributed by atoms with Crippen LogP contribution in [0.4, 0.5) is 0 Å². The van der Waals surface area contributed by atoms with Crippen molar-refractivity contribution in [3.05, 3.63) is 48.0 Å². The van der Waals surface area contributed by atoms with Crippen LogP contribution in [0.25, 0.3) is 10.9 Å². The van der Waals surface area contributed by atoms with Crippen LogP contribution in [0.5, 0.6) is 0 Å². The first-order valence-corrected chi connectivity index (χ1v) is 7.39. The number of hydrogen-bond acceptors (Lipinski definition) is 5. The van der Waals surface area contributed by atoms with E-state index < -0.39 is 5.54 Å². The molecule has 2 heterocycles. The van der Waals surface area contributed by atoms with E-state index in [2.05, 4.69) is 15.6 Å². The van der Waals surface area contributed by atoms with Crippen LogP contribution in [0.1, 0.15) is 29.9 Å². The van der Waals surface area contributed by atoms with Gasteiger partial charge < -0.3 is 15.6 Å². The molecule has 3 rings (SSSR count). The number of fused-ring (bicyclic) bond motifs is 1. The first-order valence-electron chi connectivity index (χ1n) is 7.39. The molecule has 0 aliphatic heterocycles. The maximum Gasteiger partial charge on any atom is 0.256 e.